The molecule has 7 nitrogen and oxygen atoms in total. The number of aromatic amines is 1. The number of para-hydroxylation sites is 1. The van der Waals surface area contributed by atoms with Gasteiger partial charge in [0, 0.05) is 19.8 Å². The lowest BCUT2D eigenvalue weighted by Crippen LogP contribution is -2.46. The van der Waals surface area contributed by atoms with Crippen molar-refractivity contribution < 1.29 is 9.53 Å². The molecule has 0 radical (unpaired) electrons. The van der Waals surface area contributed by atoms with Crippen LogP contribution >= 0.6 is 0 Å². The number of carbonyl (C=O) groups excluding carboxylic acids is 1. The number of benzene rings is 1. The molecule has 1 aromatic carbocycles. The van der Waals surface area contributed by atoms with E-state index in [1.165, 1.54) is 0 Å². The first kappa shape index (κ1) is 14.5. The summed E-state index contributed by atoms with van der Waals surface area (Å²) >= 11 is 0. The molecular weight excluding hydrogens is 284 g/mol. The Kier molecular flexibility index (Phi) is 3.81. The summed E-state index contributed by atoms with van der Waals surface area (Å²) in [6, 6.07) is 7.10. The number of hydrogen-bond acceptors (Lipinski definition) is 5. The van der Waals surface area contributed by atoms with Crippen LogP contribution in [-0.4, -0.2) is 35.6 Å². The van der Waals surface area contributed by atoms with Crippen LogP contribution in [0.5, 0.6) is 0 Å². The third-order valence-corrected chi connectivity index (χ3v) is 4.18. The zero-order valence-corrected chi connectivity index (χ0v) is 12.1. The molecule has 2 aromatic rings. The lowest BCUT2D eigenvalue weighted by Gasteiger charge is -2.34. The minimum atomic E-state index is -0.664. The van der Waals surface area contributed by atoms with Gasteiger partial charge in [0.15, 0.2) is 0 Å². The summed E-state index contributed by atoms with van der Waals surface area (Å²) in [5, 5.41) is 3.58. The van der Waals surface area contributed by atoms with Crippen LogP contribution in [0.1, 0.15) is 12.8 Å². The molecule has 1 aromatic heterocycles. The van der Waals surface area contributed by atoms with Gasteiger partial charge in [-0.1, -0.05) is 12.1 Å². The van der Waals surface area contributed by atoms with Crippen LogP contribution in [-0.2, 0) is 9.53 Å². The zero-order chi connectivity index (χ0) is 15.6. The molecule has 116 valence electrons. The van der Waals surface area contributed by atoms with Crippen molar-refractivity contribution in [1.82, 2.24) is 9.97 Å². The van der Waals surface area contributed by atoms with E-state index in [9.17, 15) is 9.59 Å². The second-order valence-corrected chi connectivity index (χ2v) is 5.54. The van der Waals surface area contributed by atoms with Crippen molar-refractivity contribution in [3.63, 3.8) is 0 Å². The van der Waals surface area contributed by atoms with E-state index in [1.807, 2.05) is 6.07 Å². The maximum atomic E-state index is 12.0. The van der Waals surface area contributed by atoms with Crippen LogP contribution in [0.25, 0.3) is 10.9 Å². The minimum Gasteiger partial charge on any atom is -0.381 e. The number of primary amides is 1. The Bertz CT molecular complexity index is 750. The van der Waals surface area contributed by atoms with Gasteiger partial charge in [0.2, 0.25) is 11.9 Å². The predicted octanol–water partition coefficient (Wildman–Crippen LogP) is 0.617. The minimum absolute atomic E-state index is 0.215. The Labute approximate surface area is 126 Å². The third-order valence-electron chi connectivity index (χ3n) is 4.18. The van der Waals surface area contributed by atoms with E-state index < -0.39 is 5.41 Å². The van der Waals surface area contributed by atoms with Gasteiger partial charge in [0.25, 0.3) is 5.56 Å². The molecule has 1 aliphatic heterocycles. The fourth-order valence-corrected chi connectivity index (χ4v) is 2.70. The summed E-state index contributed by atoms with van der Waals surface area (Å²) in [5.41, 5.74) is 5.29. The Morgan fingerprint density at radius 1 is 1.36 bits per heavy atom. The summed E-state index contributed by atoms with van der Waals surface area (Å²) in [6.07, 6.45) is 1.13. The van der Waals surface area contributed by atoms with Gasteiger partial charge in [0.05, 0.1) is 16.3 Å². The zero-order valence-electron chi connectivity index (χ0n) is 12.1. The summed E-state index contributed by atoms with van der Waals surface area (Å²) in [7, 11) is 0. The largest absolute Gasteiger partial charge is 0.381 e. The molecule has 22 heavy (non-hydrogen) atoms. The van der Waals surface area contributed by atoms with Crippen molar-refractivity contribution >= 4 is 22.8 Å². The average Bonchev–Trinajstić information content (AvgIpc) is 2.54. The molecule has 2 heterocycles. The third kappa shape index (κ3) is 2.67. The monoisotopic (exact) mass is 302 g/mol. The van der Waals surface area contributed by atoms with E-state index >= 15 is 0 Å². The van der Waals surface area contributed by atoms with Gasteiger partial charge >= 0.3 is 0 Å². The molecule has 0 bridgehead atoms. The van der Waals surface area contributed by atoms with Crippen molar-refractivity contribution in [3.05, 3.63) is 34.6 Å². The Morgan fingerprint density at radius 2 is 2.09 bits per heavy atom. The Balaban J connectivity index is 1.83. The van der Waals surface area contributed by atoms with Crippen LogP contribution in [0.15, 0.2) is 29.1 Å². The maximum absolute atomic E-state index is 12.0. The molecule has 1 fully saturated rings. The number of amides is 1. The van der Waals surface area contributed by atoms with Gasteiger partial charge in [-0.25, -0.2) is 4.98 Å². The SMILES string of the molecule is NC(=O)C1(CNc2nc3ccccc3c(=O)[nH]2)CCOCC1. The molecular formula is C15H18N4O3. The Hall–Kier alpha value is -2.41. The molecule has 0 aliphatic carbocycles. The standard InChI is InChI=1S/C15H18N4O3/c16-13(21)15(5-7-22-8-6-15)9-17-14-18-11-4-2-1-3-10(11)12(20)19-14/h1-4H,5-9H2,(H2,16,21)(H2,17,18,19,20). The molecule has 1 saturated heterocycles. The lowest BCUT2D eigenvalue weighted by atomic mass is 9.79. The fourth-order valence-electron chi connectivity index (χ4n) is 2.70. The van der Waals surface area contributed by atoms with Crippen LogP contribution < -0.4 is 16.6 Å². The highest BCUT2D eigenvalue weighted by molar-refractivity contribution is 5.82. The number of nitrogens with one attached hydrogen (secondary N) is 2. The highest BCUT2D eigenvalue weighted by atomic mass is 16.5. The first-order valence-corrected chi connectivity index (χ1v) is 7.21. The van der Waals surface area contributed by atoms with Crippen molar-refractivity contribution in [2.45, 2.75) is 12.8 Å². The molecule has 0 saturated carbocycles. The van der Waals surface area contributed by atoms with Gasteiger partial charge in [-0.2, -0.15) is 0 Å². The molecule has 0 atom stereocenters. The number of rotatable bonds is 4. The van der Waals surface area contributed by atoms with Crippen molar-refractivity contribution in [2.24, 2.45) is 11.1 Å². The van der Waals surface area contributed by atoms with E-state index in [0.717, 1.165) is 0 Å². The number of nitrogens with zero attached hydrogens (tertiary/aromatic N) is 1. The number of carbonyl (C=O) groups is 1. The van der Waals surface area contributed by atoms with E-state index in [4.69, 9.17) is 10.5 Å². The molecule has 0 spiro atoms. The first-order valence-electron chi connectivity index (χ1n) is 7.21. The van der Waals surface area contributed by atoms with Crippen LogP contribution in [0.4, 0.5) is 5.95 Å². The highest BCUT2D eigenvalue weighted by Crippen LogP contribution is 2.30. The van der Waals surface area contributed by atoms with E-state index in [1.54, 1.807) is 18.2 Å². The number of ether oxygens (including phenoxy) is 1. The maximum Gasteiger partial charge on any atom is 0.260 e. The van der Waals surface area contributed by atoms with E-state index in [0.29, 0.717) is 49.5 Å². The van der Waals surface area contributed by atoms with Gasteiger partial charge in [0.1, 0.15) is 0 Å². The van der Waals surface area contributed by atoms with Gasteiger partial charge in [-0.3, -0.25) is 14.6 Å². The molecule has 1 aliphatic rings. The van der Waals surface area contributed by atoms with Crippen LogP contribution in [0.2, 0.25) is 0 Å². The van der Waals surface area contributed by atoms with Crippen LogP contribution in [0.3, 0.4) is 0 Å². The normalized spacial score (nSPS) is 17.3. The number of anilines is 1. The van der Waals surface area contributed by atoms with Crippen LogP contribution in [0, 0.1) is 5.41 Å². The number of aromatic nitrogens is 2. The topological polar surface area (TPSA) is 110 Å². The van der Waals surface area contributed by atoms with Gasteiger partial charge < -0.3 is 15.8 Å². The Morgan fingerprint density at radius 3 is 2.82 bits per heavy atom. The number of hydrogen-bond donors (Lipinski definition) is 3. The average molecular weight is 302 g/mol. The smallest absolute Gasteiger partial charge is 0.260 e. The van der Waals surface area contributed by atoms with Gasteiger partial charge in [-0.15, -0.1) is 0 Å². The second kappa shape index (κ2) is 5.76. The van der Waals surface area contributed by atoms with Crippen molar-refractivity contribution in [2.75, 3.05) is 25.1 Å². The molecule has 4 N–H and O–H groups in total. The first-order chi connectivity index (χ1) is 10.6. The number of fused-ring (bicyclic) bond motifs is 1. The summed E-state index contributed by atoms with van der Waals surface area (Å²) in [5.74, 6) is -0.0118. The van der Waals surface area contributed by atoms with E-state index in [2.05, 4.69) is 15.3 Å². The number of nitrogens with two attached hydrogens (primary N) is 1. The van der Waals surface area contributed by atoms with E-state index in [-0.39, 0.29) is 11.5 Å². The highest BCUT2D eigenvalue weighted by Gasteiger charge is 2.38. The summed E-state index contributed by atoms with van der Waals surface area (Å²) < 4.78 is 5.29. The lowest BCUT2D eigenvalue weighted by molar-refractivity contribution is -0.132. The van der Waals surface area contributed by atoms with Crippen molar-refractivity contribution in [1.29, 1.82) is 0 Å². The summed E-state index contributed by atoms with van der Waals surface area (Å²) in [6.45, 7) is 1.34. The molecule has 0 unspecified atom stereocenters. The molecule has 7 heteroatoms. The molecule has 1 amide bonds. The van der Waals surface area contributed by atoms with Gasteiger partial charge in [-0.05, 0) is 25.0 Å². The second-order valence-electron chi connectivity index (χ2n) is 5.54. The number of H-pyrrole nitrogens is 1. The predicted molar refractivity (Wildman–Crippen MR) is 82.5 cm³/mol. The van der Waals surface area contributed by atoms with Crippen molar-refractivity contribution in [3.8, 4) is 0 Å². The molecule has 3 rings (SSSR count). The summed E-state index contributed by atoms with van der Waals surface area (Å²) in [4.78, 5) is 30.9. The quantitative estimate of drug-likeness (QED) is 0.766. The fraction of sp³-hybridized carbons (Fsp3) is 0.400.